The fourth-order valence-corrected chi connectivity index (χ4v) is 3.40. The number of carboxylic acids is 1. The second-order valence-electron chi connectivity index (χ2n) is 6.80. The standard InChI is InChI=1S/C24H20N2O4/c1-29-22-10-8-18(13-23(22)30-2)17-7-9-20-19(12-17)21(26-14-25-20)11-15-3-5-16(6-4-15)24(27)28/h3-10,12-14H,11H2,1-2H3,(H,27,28). The topological polar surface area (TPSA) is 81.5 Å². The predicted molar refractivity (Wildman–Crippen MR) is 114 cm³/mol. The molecular formula is C24H20N2O4. The molecule has 0 saturated heterocycles. The summed E-state index contributed by atoms with van der Waals surface area (Å²) in [7, 11) is 3.23. The van der Waals surface area contributed by atoms with E-state index in [0.717, 1.165) is 33.3 Å². The van der Waals surface area contributed by atoms with Crippen molar-refractivity contribution in [2.24, 2.45) is 0 Å². The van der Waals surface area contributed by atoms with E-state index in [4.69, 9.17) is 14.6 Å². The number of rotatable bonds is 6. The van der Waals surface area contributed by atoms with E-state index in [-0.39, 0.29) is 5.56 Å². The summed E-state index contributed by atoms with van der Waals surface area (Å²) < 4.78 is 10.7. The SMILES string of the molecule is COc1ccc(-c2ccc3ncnc(Cc4ccc(C(=O)O)cc4)c3c2)cc1OC. The highest BCUT2D eigenvalue weighted by atomic mass is 16.5. The van der Waals surface area contributed by atoms with Gasteiger partial charge < -0.3 is 14.6 Å². The number of benzene rings is 3. The molecule has 0 spiro atoms. The van der Waals surface area contributed by atoms with Gasteiger partial charge in [-0.1, -0.05) is 24.3 Å². The van der Waals surface area contributed by atoms with E-state index in [0.29, 0.717) is 17.9 Å². The number of aromatic carboxylic acids is 1. The molecule has 6 nitrogen and oxygen atoms in total. The maximum absolute atomic E-state index is 11.1. The Hall–Kier alpha value is -3.93. The van der Waals surface area contributed by atoms with E-state index >= 15 is 0 Å². The fourth-order valence-electron chi connectivity index (χ4n) is 3.40. The van der Waals surface area contributed by atoms with E-state index in [9.17, 15) is 4.79 Å². The van der Waals surface area contributed by atoms with Crippen molar-refractivity contribution in [3.63, 3.8) is 0 Å². The molecule has 0 fully saturated rings. The first kappa shape index (κ1) is 19.4. The summed E-state index contributed by atoms with van der Waals surface area (Å²) in [6.07, 6.45) is 2.13. The summed E-state index contributed by atoms with van der Waals surface area (Å²) in [5.41, 5.74) is 4.99. The molecule has 1 heterocycles. The van der Waals surface area contributed by atoms with Crippen LogP contribution in [0.2, 0.25) is 0 Å². The summed E-state index contributed by atoms with van der Waals surface area (Å²) in [6, 6.07) is 18.7. The largest absolute Gasteiger partial charge is 0.493 e. The molecule has 1 aromatic heterocycles. The number of hydrogen-bond acceptors (Lipinski definition) is 5. The summed E-state index contributed by atoms with van der Waals surface area (Å²) in [5.74, 6) is 0.405. The number of hydrogen-bond donors (Lipinski definition) is 1. The Labute approximate surface area is 173 Å². The monoisotopic (exact) mass is 400 g/mol. The molecule has 4 aromatic rings. The van der Waals surface area contributed by atoms with Gasteiger partial charge in [-0.3, -0.25) is 0 Å². The Kier molecular flexibility index (Phi) is 5.30. The number of carbonyl (C=O) groups is 1. The quantitative estimate of drug-likeness (QED) is 0.509. The van der Waals surface area contributed by atoms with Crippen LogP contribution >= 0.6 is 0 Å². The minimum absolute atomic E-state index is 0.266. The lowest BCUT2D eigenvalue weighted by atomic mass is 9.99. The van der Waals surface area contributed by atoms with Gasteiger partial charge in [0, 0.05) is 11.8 Å². The van der Waals surface area contributed by atoms with Gasteiger partial charge in [0.15, 0.2) is 11.5 Å². The van der Waals surface area contributed by atoms with Crippen molar-refractivity contribution in [2.75, 3.05) is 14.2 Å². The van der Waals surface area contributed by atoms with Gasteiger partial charge in [0.1, 0.15) is 6.33 Å². The lowest BCUT2D eigenvalue weighted by Crippen LogP contribution is -1.98. The highest BCUT2D eigenvalue weighted by Gasteiger charge is 2.10. The Balaban J connectivity index is 1.73. The van der Waals surface area contributed by atoms with Crippen LogP contribution in [0.4, 0.5) is 0 Å². The molecule has 0 bridgehead atoms. The predicted octanol–water partition coefficient (Wildman–Crippen LogP) is 4.60. The Morgan fingerprint density at radius 3 is 2.27 bits per heavy atom. The van der Waals surface area contributed by atoms with Crippen LogP contribution in [0.15, 0.2) is 67.0 Å². The van der Waals surface area contributed by atoms with Crippen molar-refractivity contribution < 1.29 is 19.4 Å². The Morgan fingerprint density at radius 2 is 1.57 bits per heavy atom. The third kappa shape index (κ3) is 3.80. The van der Waals surface area contributed by atoms with Crippen molar-refractivity contribution >= 4 is 16.9 Å². The molecule has 6 heteroatoms. The first-order valence-corrected chi connectivity index (χ1v) is 9.37. The maximum Gasteiger partial charge on any atom is 0.335 e. The molecule has 150 valence electrons. The van der Waals surface area contributed by atoms with Gasteiger partial charge >= 0.3 is 5.97 Å². The van der Waals surface area contributed by atoms with Crippen LogP contribution in [0.3, 0.4) is 0 Å². The lowest BCUT2D eigenvalue weighted by Gasteiger charge is -2.11. The second kappa shape index (κ2) is 8.21. The summed E-state index contributed by atoms with van der Waals surface area (Å²) in [6.45, 7) is 0. The van der Waals surface area contributed by atoms with Gasteiger partial charge in [-0.05, 0) is 53.1 Å². The van der Waals surface area contributed by atoms with Gasteiger partial charge in [-0.2, -0.15) is 0 Å². The first-order chi connectivity index (χ1) is 14.6. The van der Waals surface area contributed by atoms with E-state index in [1.807, 2.05) is 42.5 Å². The molecule has 0 aliphatic heterocycles. The van der Waals surface area contributed by atoms with E-state index in [1.165, 1.54) is 0 Å². The van der Waals surface area contributed by atoms with Crippen molar-refractivity contribution in [1.82, 2.24) is 9.97 Å². The normalized spacial score (nSPS) is 10.7. The Morgan fingerprint density at radius 1 is 0.867 bits per heavy atom. The highest BCUT2D eigenvalue weighted by Crippen LogP contribution is 2.33. The van der Waals surface area contributed by atoms with Crippen LogP contribution in [-0.4, -0.2) is 35.3 Å². The smallest absolute Gasteiger partial charge is 0.335 e. The van der Waals surface area contributed by atoms with E-state index in [1.54, 1.807) is 32.7 Å². The molecule has 0 unspecified atom stereocenters. The van der Waals surface area contributed by atoms with Crippen molar-refractivity contribution in [2.45, 2.75) is 6.42 Å². The summed E-state index contributed by atoms with van der Waals surface area (Å²) >= 11 is 0. The minimum Gasteiger partial charge on any atom is -0.493 e. The highest BCUT2D eigenvalue weighted by molar-refractivity contribution is 5.88. The number of aromatic nitrogens is 2. The van der Waals surface area contributed by atoms with E-state index < -0.39 is 5.97 Å². The lowest BCUT2D eigenvalue weighted by molar-refractivity contribution is 0.0697. The van der Waals surface area contributed by atoms with Gasteiger partial charge in [-0.15, -0.1) is 0 Å². The van der Waals surface area contributed by atoms with Crippen LogP contribution in [-0.2, 0) is 6.42 Å². The van der Waals surface area contributed by atoms with Crippen LogP contribution in [0.1, 0.15) is 21.6 Å². The van der Waals surface area contributed by atoms with Crippen LogP contribution in [0.25, 0.3) is 22.0 Å². The average molecular weight is 400 g/mol. The molecule has 4 rings (SSSR count). The zero-order chi connectivity index (χ0) is 21.1. The first-order valence-electron chi connectivity index (χ1n) is 9.37. The van der Waals surface area contributed by atoms with Crippen molar-refractivity contribution in [1.29, 1.82) is 0 Å². The van der Waals surface area contributed by atoms with Crippen molar-refractivity contribution in [3.8, 4) is 22.6 Å². The number of fused-ring (bicyclic) bond motifs is 1. The molecule has 3 aromatic carbocycles. The number of carboxylic acid groups (broad SMARTS) is 1. The summed E-state index contributed by atoms with van der Waals surface area (Å²) in [4.78, 5) is 19.9. The van der Waals surface area contributed by atoms with Gasteiger partial charge in [0.25, 0.3) is 0 Å². The molecule has 0 aliphatic carbocycles. The minimum atomic E-state index is -0.936. The Bertz CT molecular complexity index is 1220. The van der Waals surface area contributed by atoms with Crippen LogP contribution in [0.5, 0.6) is 11.5 Å². The molecule has 0 amide bonds. The summed E-state index contributed by atoms with van der Waals surface area (Å²) in [5, 5.41) is 10.0. The number of nitrogens with zero attached hydrogens (tertiary/aromatic N) is 2. The molecule has 0 aliphatic rings. The molecule has 0 radical (unpaired) electrons. The third-order valence-corrected chi connectivity index (χ3v) is 5.01. The average Bonchev–Trinajstić information content (AvgIpc) is 2.79. The molecule has 30 heavy (non-hydrogen) atoms. The molecule has 1 N–H and O–H groups in total. The van der Waals surface area contributed by atoms with Crippen molar-refractivity contribution in [3.05, 3.63) is 83.8 Å². The number of methoxy groups -OCH3 is 2. The fraction of sp³-hybridized carbons (Fsp3) is 0.125. The van der Waals surface area contributed by atoms with Crippen LogP contribution in [0, 0.1) is 0 Å². The molecule has 0 saturated carbocycles. The van der Waals surface area contributed by atoms with Gasteiger partial charge in [-0.25, -0.2) is 14.8 Å². The van der Waals surface area contributed by atoms with E-state index in [2.05, 4.69) is 16.0 Å². The number of ether oxygens (including phenoxy) is 2. The zero-order valence-corrected chi connectivity index (χ0v) is 16.6. The third-order valence-electron chi connectivity index (χ3n) is 5.01. The zero-order valence-electron chi connectivity index (χ0n) is 16.6. The second-order valence-corrected chi connectivity index (χ2v) is 6.80. The maximum atomic E-state index is 11.1. The van der Waals surface area contributed by atoms with Gasteiger partial charge in [0.05, 0.1) is 31.0 Å². The molecule has 0 atom stereocenters. The molecular weight excluding hydrogens is 380 g/mol. The van der Waals surface area contributed by atoms with Gasteiger partial charge in [0.2, 0.25) is 0 Å². The van der Waals surface area contributed by atoms with Crippen LogP contribution < -0.4 is 9.47 Å².